The molecule has 76 valence electrons. The van der Waals surface area contributed by atoms with Crippen LogP contribution in [0.1, 0.15) is 5.56 Å². The molecule has 0 bridgehead atoms. The topological polar surface area (TPSA) is 66.0 Å². The van der Waals surface area contributed by atoms with E-state index in [2.05, 4.69) is 9.97 Å². The fraction of sp³-hybridized carbons (Fsp3) is 0.0909. The summed E-state index contributed by atoms with van der Waals surface area (Å²) in [4.78, 5) is 18.0. The Kier molecular flexibility index (Phi) is 2.60. The Hall–Kier alpha value is -1.94. The molecule has 0 atom stereocenters. The van der Waals surface area contributed by atoms with Crippen LogP contribution in [-0.2, 0) is 6.61 Å². The number of aromatic amines is 1. The van der Waals surface area contributed by atoms with E-state index in [4.69, 9.17) is 5.11 Å². The van der Waals surface area contributed by atoms with Crippen LogP contribution in [0.3, 0.4) is 0 Å². The highest BCUT2D eigenvalue weighted by molar-refractivity contribution is 5.61. The van der Waals surface area contributed by atoms with Crippen LogP contribution in [0.5, 0.6) is 0 Å². The van der Waals surface area contributed by atoms with E-state index in [1.807, 2.05) is 0 Å². The van der Waals surface area contributed by atoms with Gasteiger partial charge in [-0.15, -0.1) is 0 Å². The summed E-state index contributed by atoms with van der Waals surface area (Å²) in [5.41, 5.74) is 1.76. The van der Waals surface area contributed by atoms with Gasteiger partial charge in [0.25, 0.3) is 5.56 Å². The zero-order valence-corrected chi connectivity index (χ0v) is 7.97. The number of hydrogen-bond donors (Lipinski definition) is 2. The molecule has 0 aliphatic heterocycles. The minimum atomic E-state index is -0.180. The van der Waals surface area contributed by atoms with Gasteiger partial charge in [0.05, 0.1) is 6.61 Å². The second-order valence-corrected chi connectivity index (χ2v) is 3.15. The van der Waals surface area contributed by atoms with E-state index < -0.39 is 0 Å². The van der Waals surface area contributed by atoms with E-state index in [0.717, 1.165) is 5.56 Å². The van der Waals surface area contributed by atoms with Crippen molar-refractivity contribution in [1.29, 1.82) is 0 Å². The fourth-order valence-electron chi connectivity index (χ4n) is 1.36. The summed E-state index contributed by atoms with van der Waals surface area (Å²) < 4.78 is 0. The first-order valence-electron chi connectivity index (χ1n) is 4.54. The number of aliphatic hydroxyl groups excluding tert-OH is 1. The van der Waals surface area contributed by atoms with E-state index in [1.165, 1.54) is 6.20 Å². The molecule has 0 saturated carbocycles. The average molecular weight is 202 g/mol. The van der Waals surface area contributed by atoms with E-state index in [-0.39, 0.29) is 12.2 Å². The molecule has 0 fully saturated rings. The van der Waals surface area contributed by atoms with Gasteiger partial charge in [0.15, 0.2) is 0 Å². The van der Waals surface area contributed by atoms with Gasteiger partial charge in [0.1, 0.15) is 0 Å². The van der Waals surface area contributed by atoms with Crippen molar-refractivity contribution in [2.45, 2.75) is 6.61 Å². The Morgan fingerprint density at radius 1 is 1.47 bits per heavy atom. The monoisotopic (exact) mass is 202 g/mol. The third-order valence-corrected chi connectivity index (χ3v) is 2.12. The largest absolute Gasteiger partial charge is 0.392 e. The minimum Gasteiger partial charge on any atom is -0.392 e. The molecule has 15 heavy (non-hydrogen) atoms. The molecule has 2 aromatic rings. The number of hydrogen-bond acceptors (Lipinski definition) is 3. The van der Waals surface area contributed by atoms with Gasteiger partial charge in [-0.25, -0.2) is 0 Å². The Bertz CT molecular complexity index is 505. The summed E-state index contributed by atoms with van der Waals surface area (Å²) in [6.45, 7) is -0.0932. The SMILES string of the molecule is O=c1[nH]cc(CO)cc1-c1cccnc1. The normalized spacial score (nSPS) is 10.2. The summed E-state index contributed by atoms with van der Waals surface area (Å²) in [5.74, 6) is 0. The first-order chi connectivity index (χ1) is 7.31. The summed E-state index contributed by atoms with van der Waals surface area (Å²) >= 11 is 0. The van der Waals surface area contributed by atoms with Gasteiger partial charge < -0.3 is 10.1 Å². The Morgan fingerprint density at radius 3 is 3.00 bits per heavy atom. The summed E-state index contributed by atoms with van der Waals surface area (Å²) in [7, 11) is 0. The molecule has 0 aliphatic rings. The van der Waals surface area contributed by atoms with Crippen molar-refractivity contribution >= 4 is 0 Å². The number of aromatic nitrogens is 2. The van der Waals surface area contributed by atoms with Crippen molar-refractivity contribution in [2.24, 2.45) is 0 Å². The second-order valence-electron chi connectivity index (χ2n) is 3.15. The van der Waals surface area contributed by atoms with Crippen molar-refractivity contribution in [3.8, 4) is 11.1 Å². The van der Waals surface area contributed by atoms with Crippen molar-refractivity contribution < 1.29 is 5.11 Å². The molecule has 2 heterocycles. The first-order valence-corrected chi connectivity index (χ1v) is 4.54. The van der Waals surface area contributed by atoms with Crippen LogP contribution in [-0.4, -0.2) is 15.1 Å². The predicted octanol–water partition coefficient (Wildman–Crippen LogP) is 0.929. The van der Waals surface area contributed by atoms with Crippen molar-refractivity contribution in [2.75, 3.05) is 0 Å². The van der Waals surface area contributed by atoms with E-state index in [9.17, 15) is 4.79 Å². The van der Waals surface area contributed by atoms with E-state index in [1.54, 1.807) is 30.6 Å². The molecule has 2 rings (SSSR count). The molecule has 2 aromatic heterocycles. The Labute approximate surface area is 86.2 Å². The molecule has 0 radical (unpaired) electrons. The molecular formula is C11H10N2O2. The van der Waals surface area contributed by atoms with Gasteiger partial charge in [0, 0.05) is 29.7 Å². The number of pyridine rings is 2. The highest BCUT2D eigenvalue weighted by atomic mass is 16.3. The molecule has 2 N–H and O–H groups in total. The summed E-state index contributed by atoms with van der Waals surface area (Å²) in [6, 6.07) is 5.23. The first kappa shape index (κ1) is 9.61. The van der Waals surface area contributed by atoms with Gasteiger partial charge >= 0.3 is 0 Å². The quantitative estimate of drug-likeness (QED) is 0.761. The fourth-order valence-corrected chi connectivity index (χ4v) is 1.36. The Morgan fingerprint density at radius 2 is 2.33 bits per heavy atom. The van der Waals surface area contributed by atoms with Crippen LogP contribution in [0.15, 0.2) is 41.6 Å². The van der Waals surface area contributed by atoms with Crippen molar-refractivity contribution in [1.82, 2.24) is 9.97 Å². The number of H-pyrrole nitrogens is 1. The number of rotatable bonds is 2. The number of aliphatic hydroxyl groups is 1. The predicted molar refractivity (Wildman–Crippen MR) is 56.2 cm³/mol. The van der Waals surface area contributed by atoms with Crippen LogP contribution >= 0.6 is 0 Å². The summed E-state index contributed by atoms with van der Waals surface area (Å²) in [5, 5.41) is 8.96. The molecule has 4 heteroatoms. The Balaban J connectivity index is 2.57. The van der Waals surface area contributed by atoms with E-state index >= 15 is 0 Å². The van der Waals surface area contributed by atoms with Crippen LogP contribution in [0, 0.1) is 0 Å². The maximum atomic E-state index is 11.5. The van der Waals surface area contributed by atoms with Gasteiger partial charge in [-0.2, -0.15) is 0 Å². The van der Waals surface area contributed by atoms with Gasteiger partial charge in [-0.3, -0.25) is 9.78 Å². The standard InChI is InChI=1S/C11H10N2O2/c14-7-8-4-10(11(15)13-5-8)9-2-1-3-12-6-9/h1-6,14H,7H2,(H,13,15). The summed E-state index contributed by atoms with van der Waals surface area (Å²) in [6.07, 6.45) is 4.77. The lowest BCUT2D eigenvalue weighted by atomic mass is 10.1. The van der Waals surface area contributed by atoms with Crippen LogP contribution < -0.4 is 5.56 Å². The molecular weight excluding hydrogens is 192 g/mol. The lowest BCUT2D eigenvalue weighted by Crippen LogP contribution is -2.09. The molecule has 0 saturated heterocycles. The molecule has 0 amide bonds. The maximum absolute atomic E-state index is 11.5. The van der Waals surface area contributed by atoms with Crippen molar-refractivity contribution in [3.63, 3.8) is 0 Å². The third kappa shape index (κ3) is 1.94. The maximum Gasteiger partial charge on any atom is 0.255 e. The van der Waals surface area contributed by atoms with Gasteiger partial charge in [-0.05, 0) is 17.7 Å². The second kappa shape index (κ2) is 4.06. The highest BCUT2D eigenvalue weighted by Gasteiger charge is 2.03. The molecule has 0 aromatic carbocycles. The molecule has 0 spiro atoms. The smallest absolute Gasteiger partial charge is 0.255 e. The third-order valence-electron chi connectivity index (χ3n) is 2.12. The number of nitrogens with one attached hydrogen (secondary N) is 1. The van der Waals surface area contributed by atoms with E-state index in [0.29, 0.717) is 11.1 Å². The van der Waals surface area contributed by atoms with Crippen LogP contribution in [0.2, 0.25) is 0 Å². The van der Waals surface area contributed by atoms with Crippen LogP contribution in [0.4, 0.5) is 0 Å². The lowest BCUT2D eigenvalue weighted by molar-refractivity contribution is 0.281. The molecule has 0 aliphatic carbocycles. The minimum absolute atomic E-state index is 0.0932. The highest BCUT2D eigenvalue weighted by Crippen LogP contribution is 2.13. The molecule has 0 unspecified atom stereocenters. The zero-order valence-electron chi connectivity index (χ0n) is 7.97. The van der Waals surface area contributed by atoms with Crippen LogP contribution in [0.25, 0.3) is 11.1 Å². The van der Waals surface area contributed by atoms with Gasteiger partial charge in [-0.1, -0.05) is 6.07 Å². The lowest BCUT2D eigenvalue weighted by Gasteiger charge is -2.01. The zero-order chi connectivity index (χ0) is 10.7. The van der Waals surface area contributed by atoms with Crippen molar-refractivity contribution in [3.05, 3.63) is 52.7 Å². The molecule has 4 nitrogen and oxygen atoms in total. The van der Waals surface area contributed by atoms with Gasteiger partial charge in [0.2, 0.25) is 0 Å². The average Bonchev–Trinajstić information content (AvgIpc) is 2.31. The number of nitrogens with zero attached hydrogens (tertiary/aromatic N) is 1.